The van der Waals surface area contributed by atoms with E-state index in [4.69, 9.17) is 9.47 Å². The zero-order chi connectivity index (χ0) is 26.3. The molecule has 3 aromatic carbocycles. The number of fused-ring (bicyclic) bond motifs is 2. The predicted molar refractivity (Wildman–Crippen MR) is 152 cm³/mol. The summed E-state index contributed by atoms with van der Waals surface area (Å²) in [6.07, 6.45) is 8.03. The number of rotatable bonds is 11. The summed E-state index contributed by atoms with van der Waals surface area (Å²) >= 11 is 1.62. The Morgan fingerprint density at radius 3 is 2.50 bits per heavy atom. The second kappa shape index (κ2) is 12.3. The summed E-state index contributed by atoms with van der Waals surface area (Å²) in [5.41, 5.74) is 3.88. The number of benzene rings is 3. The van der Waals surface area contributed by atoms with Gasteiger partial charge >= 0.3 is 0 Å². The topological polar surface area (TPSA) is 65.4 Å². The second-order valence-corrected chi connectivity index (χ2v) is 10.1. The first-order valence-corrected chi connectivity index (χ1v) is 14.3. The molecule has 2 heterocycles. The highest BCUT2D eigenvalue weighted by Gasteiger charge is 2.29. The highest BCUT2D eigenvalue weighted by atomic mass is 32.2. The molecule has 6 nitrogen and oxygen atoms in total. The van der Waals surface area contributed by atoms with Gasteiger partial charge in [-0.3, -0.25) is 4.79 Å². The Labute approximate surface area is 228 Å². The van der Waals surface area contributed by atoms with Crippen LogP contribution in [-0.2, 0) is 29.1 Å². The molecule has 1 aliphatic rings. The largest absolute Gasteiger partial charge is 0.457 e. The number of amides is 1. The molecule has 0 bridgehead atoms. The normalized spacial score (nSPS) is 12.5. The average Bonchev–Trinajstić information content (AvgIpc) is 3.41. The third kappa shape index (κ3) is 5.79. The maximum atomic E-state index is 13.5. The Kier molecular flexibility index (Phi) is 8.46. The summed E-state index contributed by atoms with van der Waals surface area (Å²) < 4.78 is 14.3. The maximum Gasteiger partial charge on any atom is 0.225 e. The number of thioether (sulfide) groups is 1. The molecule has 0 fully saturated rings. The first kappa shape index (κ1) is 26.1. The Morgan fingerprint density at radius 1 is 1.05 bits per heavy atom. The third-order valence-electron chi connectivity index (χ3n) is 6.86. The van der Waals surface area contributed by atoms with Gasteiger partial charge in [-0.2, -0.15) is 0 Å². The van der Waals surface area contributed by atoms with Gasteiger partial charge < -0.3 is 19.4 Å². The van der Waals surface area contributed by atoms with Crippen molar-refractivity contribution in [2.45, 2.75) is 50.2 Å². The van der Waals surface area contributed by atoms with E-state index in [9.17, 15) is 4.79 Å². The fourth-order valence-electron chi connectivity index (χ4n) is 4.99. The fourth-order valence-corrected chi connectivity index (χ4v) is 5.59. The number of carbonyl (C=O) groups is 1. The number of nitrogens with one attached hydrogen (secondary N) is 1. The van der Waals surface area contributed by atoms with E-state index in [0.717, 1.165) is 64.0 Å². The van der Waals surface area contributed by atoms with Crippen molar-refractivity contribution >= 4 is 23.4 Å². The SMILES string of the molecule is CCc1nccn1CCCOCc1cccc(SC)c1NC(=O)CC1c2ccccc2Oc2ccccc21. The van der Waals surface area contributed by atoms with E-state index in [-0.39, 0.29) is 11.8 Å². The van der Waals surface area contributed by atoms with Crippen LogP contribution < -0.4 is 10.1 Å². The van der Waals surface area contributed by atoms with Crippen LogP contribution in [0.1, 0.15) is 48.2 Å². The van der Waals surface area contributed by atoms with Crippen molar-refractivity contribution in [1.82, 2.24) is 9.55 Å². The molecule has 7 heteroatoms. The standard InChI is InChI=1S/C31H33N3O3S/c1-3-29-32-16-18-34(29)17-9-19-36-21-22-10-8-15-28(38-2)31(22)33-30(35)20-25-23-11-4-6-13-26(23)37-27-14-7-5-12-24(25)27/h4-8,10-16,18,25H,3,9,17,19-21H2,1-2H3,(H,33,35). The molecule has 5 rings (SSSR count). The number of para-hydroxylation sites is 3. The van der Waals surface area contributed by atoms with Crippen LogP contribution in [-0.4, -0.2) is 28.3 Å². The van der Waals surface area contributed by atoms with Gasteiger partial charge in [0.25, 0.3) is 0 Å². The highest BCUT2D eigenvalue weighted by molar-refractivity contribution is 7.98. The van der Waals surface area contributed by atoms with E-state index in [1.165, 1.54) is 0 Å². The zero-order valence-electron chi connectivity index (χ0n) is 21.9. The van der Waals surface area contributed by atoms with Crippen LogP contribution in [0, 0.1) is 0 Å². The number of nitrogens with zero attached hydrogens (tertiary/aromatic N) is 2. The summed E-state index contributed by atoms with van der Waals surface area (Å²) in [5, 5.41) is 3.22. The van der Waals surface area contributed by atoms with E-state index in [1.54, 1.807) is 11.8 Å². The van der Waals surface area contributed by atoms with Gasteiger partial charge in [-0.1, -0.05) is 55.5 Å². The van der Waals surface area contributed by atoms with Crippen molar-refractivity contribution in [2.24, 2.45) is 0 Å². The molecule has 0 saturated carbocycles. The average molecular weight is 528 g/mol. The predicted octanol–water partition coefficient (Wildman–Crippen LogP) is 7.04. The summed E-state index contributed by atoms with van der Waals surface area (Å²) in [6, 6.07) is 22.0. The fraction of sp³-hybridized carbons (Fsp3) is 0.290. The Balaban J connectivity index is 1.26. The lowest BCUT2D eigenvalue weighted by molar-refractivity contribution is -0.116. The van der Waals surface area contributed by atoms with Crippen molar-refractivity contribution in [3.8, 4) is 11.5 Å². The molecule has 4 aromatic rings. The van der Waals surface area contributed by atoms with Gasteiger partial charge in [0.05, 0.1) is 12.3 Å². The molecule has 0 aliphatic carbocycles. The van der Waals surface area contributed by atoms with Crippen molar-refractivity contribution in [1.29, 1.82) is 0 Å². The molecule has 0 radical (unpaired) electrons. The quantitative estimate of drug-likeness (QED) is 0.167. The lowest BCUT2D eigenvalue weighted by Gasteiger charge is -2.28. The van der Waals surface area contributed by atoms with Gasteiger partial charge in [-0.25, -0.2) is 4.98 Å². The minimum atomic E-state index is -0.0755. The van der Waals surface area contributed by atoms with Crippen LogP contribution in [0.25, 0.3) is 0 Å². The van der Waals surface area contributed by atoms with Crippen molar-refractivity contribution in [3.05, 3.63) is 102 Å². The smallest absolute Gasteiger partial charge is 0.225 e. The van der Waals surface area contributed by atoms with Gasteiger partial charge in [0, 0.05) is 65.9 Å². The van der Waals surface area contributed by atoms with Crippen LogP contribution >= 0.6 is 11.8 Å². The molecule has 1 N–H and O–H groups in total. The van der Waals surface area contributed by atoms with Gasteiger partial charge in [0.15, 0.2) is 0 Å². The molecule has 0 unspecified atom stereocenters. The number of anilines is 1. The lowest BCUT2D eigenvalue weighted by atomic mass is 9.85. The molecule has 38 heavy (non-hydrogen) atoms. The van der Waals surface area contributed by atoms with Crippen molar-refractivity contribution in [3.63, 3.8) is 0 Å². The van der Waals surface area contributed by atoms with Gasteiger partial charge in [0.2, 0.25) is 5.91 Å². The number of hydrogen-bond acceptors (Lipinski definition) is 5. The lowest BCUT2D eigenvalue weighted by Crippen LogP contribution is -2.20. The van der Waals surface area contributed by atoms with Gasteiger partial charge in [-0.05, 0) is 30.9 Å². The zero-order valence-corrected chi connectivity index (χ0v) is 22.7. The molecule has 1 aromatic heterocycles. The Morgan fingerprint density at radius 2 is 1.79 bits per heavy atom. The Bertz CT molecular complexity index is 1360. The molecular formula is C31H33N3O3S. The molecule has 1 amide bonds. The number of ether oxygens (including phenoxy) is 2. The van der Waals surface area contributed by atoms with E-state index in [0.29, 0.717) is 19.6 Å². The van der Waals surface area contributed by atoms with Crippen LogP contribution in [0.2, 0.25) is 0 Å². The number of carbonyl (C=O) groups excluding carboxylic acids is 1. The number of aromatic nitrogens is 2. The minimum absolute atomic E-state index is 0.0311. The first-order valence-electron chi connectivity index (χ1n) is 13.1. The third-order valence-corrected chi connectivity index (χ3v) is 7.64. The van der Waals surface area contributed by atoms with Gasteiger partial charge in [0.1, 0.15) is 17.3 Å². The molecule has 1 aliphatic heterocycles. The molecular weight excluding hydrogens is 494 g/mol. The molecule has 0 atom stereocenters. The second-order valence-electron chi connectivity index (χ2n) is 9.27. The first-order chi connectivity index (χ1) is 18.7. The van der Waals surface area contributed by atoms with E-state index >= 15 is 0 Å². The van der Waals surface area contributed by atoms with Crippen LogP contribution in [0.4, 0.5) is 5.69 Å². The summed E-state index contributed by atoms with van der Waals surface area (Å²) in [7, 11) is 0. The van der Waals surface area contributed by atoms with Crippen molar-refractivity contribution in [2.75, 3.05) is 18.2 Å². The van der Waals surface area contributed by atoms with Gasteiger partial charge in [-0.15, -0.1) is 11.8 Å². The van der Waals surface area contributed by atoms with E-state index in [1.807, 2.05) is 85.4 Å². The van der Waals surface area contributed by atoms with E-state index < -0.39 is 0 Å². The van der Waals surface area contributed by atoms with Crippen LogP contribution in [0.3, 0.4) is 0 Å². The summed E-state index contributed by atoms with van der Waals surface area (Å²) in [5.74, 6) is 2.61. The Hall–Kier alpha value is -3.55. The minimum Gasteiger partial charge on any atom is -0.457 e. The maximum absolute atomic E-state index is 13.5. The van der Waals surface area contributed by atoms with Crippen molar-refractivity contribution < 1.29 is 14.3 Å². The monoisotopic (exact) mass is 527 g/mol. The molecule has 0 spiro atoms. The van der Waals surface area contributed by atoms with Crippen LogP contribution in [0.15, 0.2) is 84.0 Å². The van der Waals surface area contributed by atoms with Crippen LogP contribution in [0.5, 0.6) is 11.5 Å². The number of imidazole rings is 1. The molecule has 0 saturated heterocycles. The highest BCUT2D eigenvalue weighted by Crippen LogP contribution is 2.45. The number of aryl methyl sites for hydroxylation is 2. The summed E-state index contributed by atoms with van der Waals surface area (Å²) in [4.78, 5) is 18.9. The molecule has 196 valence electrons. The summed E-state index contributed by atoms with van der Waals surface area (Å²) in [6.45, 7) is 4.07. The van der Waals surface area contributed by atoms with E-state index in [2.05, 4.69) is 21.8 Å². The number of hydrogen-bond donors (Lipinski definition) is 1.